The van der Waals surface area contributed by atoms with Crippen molar-refractivity contribution < 1.29 is 17.6 Å². The lowest BCUT2D eigenvalue weighted by Crippen LogP contribution is -2.00. The largest absolute Gasteiger partial charge is 0.381 e. The number of alkyl halides is 4. The molecule has 2 rings (SSSR count). The van der Waals surface area contributed by atoms with Crippen molar-refractivity contribution in [3.63, 3.8) is 0 Å². The normalized spacial score (nSPS) is 11.1. The van der Waals surface area contributed by atoms with Crippen molar-refractivity contribution in [1.82, 2.24) is 0 Å². The van der Waals surface area contributed by atoms with Gasteiger partial charge >= 0.3 is 0 Å². The zero-order valence-electron chi connectivity index (χ0n) is 10.9. The number of thioether (sulfide) groups is 1. The lowest BCUT2D eigenvalue weighted by atomic mass is 10.1. The first-order chi connectivity index (χ1) is 10.0. The third-order valence-corrected chi connectivity index (χ3v) is 3.50. The molecule has 1 nitrogen and oxygen atoms in total. The van der Waals surface area contributed by atoms with E-state index in [-0.39, 0.29) is 5.56 Å². The Morgan fingerprint density at radius 1 is 0.952 bits per heavy atom. The first-order valence-corrected chi connectivity index (χ1v) is 7.08. The summed E-state index contributed by atoms with van der Waals surface area (Å²) in [5.41, 5.74) is 1.47. The van der Waals surface area contributed by atoms with Crippen molar-refractivity contribution in [3.05, 3.63) is 59.7 Å². The highest BCUT2D eigenvalue weighted by molar-refractivity contribution is 7.99. The van der Waals surface area contributed by atoms with Gasteiger partial charge in [0.05, 0.1) is 0 Å². The van der Waals surface area contributed by atoms with Gasteiger partial charge in [0.25, 0.3) is 12.2 Å². The molecule has 0 aliphatic rings. The summed E-state index contributed by atoms with van der Waals surface area (Å²) < 4.78 is 49.5. The average molecular weight is 315 g/mol. The number of hydrogen-bond donors (Lipinski definition) is 1. The molecule has 21 heavy (non-hydrogen) atoms. The molecule has 0 atom stereocenters. The van der Waals surface area contributed by atoms with Crippen LogP contribution in [0.3, 0.4) is 0 Å². The number of rotatable bonds is 6. The van der Waals surface area contributed by atoms with Gasteiger partial charge in [-0.1, -0.05) is 30.0 Å². The maximum Gasteiger partial charge on any atom is 0.288 e. The van der Waals surface area contributed by atoms with Gasteiger partial charge < -0.3 is 5.32 Å². The second-order valence-corrected chi connectivity index (χ2v) is 5.37. The Kier molecular flexibility index (Phi) is 5.50. The lowest BCUT2D eigenvalue weighted by molar-refractivity contribution is 0.151. The summed E-state index contributed by atoms with van der Waals surface area (Å²) in [6, 6.07) is 12.7. The number of hydrogen-bond acceptors (Lipinski definition) is 2. The predicted molar refractivity (Wildman–Crippen MR) is 77.0 cm³/mol. The minimum atomic E-state index is -2.49. The third kappa shape index (κ3) is 4.97. The molecule has 1 N–H and O–H groups in total. The van der Waals surface area contributed by atoms with Crippen molar-refractivity contribution in [2.45, 2.75) is 23.6 Å². The first-order valence-electron chi connectivity index (χ1n) is 6.20. The standard InChI is InChI=1S/C15H13F4NS/c16-14(17)11-3-1-2-10(8-11)9-20-12-4-6-13(7-5-12)21-15(18)19/h1-8,14-15,20H,9H2. The van der Waals surface area contributed by atoms with E-state index in [1.165, 1.54) is 12.1 Å². The molecule has 0 aliphatic heterocycles. The maximum absolute atomic E-state index is 12.6. The molecular formula is C15H13F4NS. The Morgan fingerprint density at radius 2 is 1.67 bits per heavy atom. The SMILES string of the molecule is FC(F)Sc1ccc(NCc2cccc(C(F)F)c2)cc1. The first kappa shape index (κ1) is 15.7. The molecule has 0 heterocycles. The summed E-state index contributed by atoms with van der Waals surface area (Å²) in [6.07, 6.45) is -2.49. The Labute approximate surface area is 124 Å². The van der Waals surface area contributed by atoms with E-state index in [1.807, 2.05) is 0 Å². The second kappa shape index (κ2) is 7.36. The molecule has 0 radical (unpaired) electrons. The molecule has 112 valence electrons. The molecule has 2 aromatic carbocycles. The Morgan fingerprint density at radius 3 is 2.29 bits per heavy atom. The monoisotopic (exact) mass is 315 g/mol. The summed E-state index contributed by atoms with van der Waals surface area (Å²) >= 11 is 0.482. The molecule has 0 saturated carbocycles. The van der Waals surface area contributed by atoms with Crippen LogP contribution in [-0.2, 0) is 6.54 Å². The summed E-state index contributed by atoms with van der Waals surface area (Å²) in [5.74, 6) is -2.44. The number of anilines is 1. The number of benzene rings is 2. The average Bonchev–Trinajstić information content (AvgIpc) is 2.46. The highest BCUT2D eigenvalue weighted by Crippen LogP contribution is 2.26. The fourth-order valence-corrected chi connectivity index (χ4v) is 2.30. The van der Waals surface area contributed by atoms with Gasteiger partial charge in [-0.2, -0.15) is 8.78 Å². The van der Waals surface area contributed by atoms with Crippen molar-refractivity contribution in [1.29, 1.82) is 0 Å². The highest BCUT2D eigenvalue weighted by atomic mass is 32.2. The van der Waals surface area contributed by atoms with Gasteiger partial charge in [-0.3, -0.25) is 0 Å². The topological polar surface area (TPSA) is 12.0 Å². The van der Waals surface area contributed by atoms with E-state index in [2.05, 4.69) is 5.32 Å². The molecule has 6 heteroatoms. The van der Waals surface area contributed by atoms with Gasteiger partial charge in [-0.25, -0.2) is 8.78 Å². The van der Waals surface area contributed by atoms with E-state index in [0.717, 1.165) is 11.3 Å². The smallest absolute Gasteiger partial charge is 0.288 e. The van der Waals surface area contributed by atoms with Crippen molar-refractivity contribution in [2.24, 2.45) is 0 Å². The van der Waals surface area contributed by atoms with Crippen LogP contribution in [-0.4, -0.2) is 5.76 Å². The van der Waals surface area contributed by atoms with Crippen LogP contribution in [0, 0.1) is 0 Å². The van der Waals surface area contributed by atoms with Gasteiger partial charge in [-0.15, -0.1) is 0 Å². The molecular weight excluding hydrogens is 302 g/mol. The number of nitrogens with one attached hydrogen (secondary N) is 1. The molecule has 0 fully saturated rings. The van der Waals surface area contributed by atoms with Crippen LogP contribution in [0.2, 0.25) is 0 Å². The van der Waals surface area contributed by atoms with E-state index in [9.17, 15) is 17.6 Å². The maximum atomic E-state index is 12.6. The van der Waals surface area contributed by atoms with E-state index in [0.29, 0.717) is 23.2 Å². The van der Waals surface area contributed by atoms with Crippen LogP contribution in [0.1, 0.15) is 17.6 Å². The molecule has 0 bridgehead atoms. The Hall–Kier alpha value is -1.69. The minimum Gasteiger partial charge on any atom is -0.381 e. The summed E-state index contributed by atoms with van der Waals surface area (Å²) in [4.78, 5) is 0.482. The fraction of sp³-hybridized carbons (Fsp3) is 0.200. The van der Waals surface area contributed by atoms with Gasteiger partial charge in [0, 0.05) is 22.7 Å². The molecule has 2 aromatic rings. The van der Waals surface area contributed by atoms with Gasteiger partial charge in [-0.05, 0) is 35.9 Å². The molecule has 0 unspecified atom stereocenters. The Balaban J connectivity index is 1.95. The summed E-state index contributed by atoms with van der Waals surface area (Å²) in [7, 11) is 0. The van der Waals surface area contributed by atoms with E-state index in [1.54, 1.807) is 36.4 Å². The van der Waals surface area contributed by atoms with E-state index >= 15 is 0 Å². The third-order valence-electron chi connectivity index (χ3n) is 2.78. The highest BCUT2D eigenvalue weighted by Gasteiger charge is 2.07. The molecule has 0 amide bonds. The van der Waals surface area contributed by atoms with Gasteiger partial charge in [0.1, 0.15) is 0 Å². The summed E-state index contributed by atoms with van der Waals surface area (Å²) in [5, 5.41) is 3.07. The quantitative estimate of drug-likeness (QED) is 0.554. The molecule has 0 saturated heterocycles. The van der Waals surface area contributed by atoms with Gasteiger partial charge in [0.15, 0.2) is 0 Å². The van der Waals surface area contributed by atoms with Gasteiger partial charge in [0.2, 0.25) is 0 Å². The van der Waals surface area contributed by atoms with Crippen molar-refractivity contribution >= 4 is 17.4 Å². The zero-order chi connectivity index (χ0) is 15.2. The van der Waals surface area contributed by atoms with Crippen LogP contribution in [0.4, 0.5) is 23.2 Å². The molecule has 0 aromatic heterocycles. The van der Waals surface area contributed by atoms with Crippen molar-refractivity contribution in [2.75, 3.05) is 5.32 Å². The lowest BCUT2D eigenvalue weighted by Gasteiger charge is -2.09. The Bertz CT molecular complexity index is 572. The van der Waals surface area contributed by atoms with Crippen LogP contribution in [0.5, 0.6) is 0 Å². The molecule has 0 spiro atoms. The number of halogens is 4. The van der Waals surface area contributed by atoms with Crippen LogP contribution >= 0.6 is 11.8 Å². The minimum absolute atomic E-state index is 0.0158. The second-order valence-electron chi connectivity index (χ2n) is 4.30. The van der Waals surface area contributed by atoms with E-state index < -0.39 is 12.2 Å². The zero-order valence-corrected chi connectivity index (χ0v) is 11.7. The van der Waals surface area contributed by atoms with Crippen molar-refractivity contribution in [3.8, 4) is 0 Å². The fourth-order valence-electron chi connectivity index (χ4n) is 1.80. The predicted octanol–water partition coefficient (Wildman–Crippen LogP) is 5.55. The van der Waals surface area contributed by atoms with Crippen LogP contribution in [0.15, 0.2) is 53.4 Å². The van der Waals surface area contributed by atoms with E-state index in [4.69, 9.17) is 0 Å². The molecule has 0 aliphatic carbocycles. The van der Waals surface area contributed by atoms with Crippen LogP contribution in [0.25, 0.3) is 0 Å². The van der Waals surface area contributed by atoms with Crippen LogP contribution < -0.4 is 5.32 Å². The summed E-state index contributed by atoms with van der Waals surface area (Å²) in [6.45, 7) is 0.391.